The molecule has 2 amide bonds. The Morgan fingerprint density at radius 2 is 1.77 bits per heavy atom. The van der Waals surface area contributed by atoms with Crippen molar-refractivity contribution in [2.24, 2.45) is 0 Å². The van der Waals surface area contributed by atoms with E-state index in [4.69, 9.17) is 11.6 Å². The maximum atomic E-state index is 12.1. The molecule has 0 fully saturated rings. The van der Waals surface area contributed by atoms with Crippen LogP contribution in [0.1, 0.15) is 27.9 Å². The number of amides is 2. The van der Waals surface area contributed by atoms with Crippen LogP contribution in [-0.2, 0) is 4.79 Å². The van der Waals surface area contributed by atoms with Gasteiger partial charge in [-0.3, -0.25) is 9.59 Å². The molecule has 0 unspecified atom stereocenters. The Hall–Kier alpha value is -2.44. The predicted octanol–water partition coefficient (Wildman–Crippen LogP) is 4.33. The predicted molar refractivity (Wildman–Crippen MR) is 106 cm³/mol. The maximum absolute atomic E-state index is 12.1. The van der Waals surface area contributed by atoms with Crippen LogP contribution in [0.4, 0.5) is 5.13 Å². The van der Waals surface area contributed by atoms with E-state index in [2.05, 4.69) is 15.6 Å². The van der Waals surface area contributed by atoms with Crippen molar-refractivity contribution in [2.45, 2.75) is 20.3 Å². The maximum Gasteiger partial charge on any atom is 0.251 e. The Morgan fingerprint density at radius 3 is 2.46 bits per heavy atom. The van der Waals surface area contributed by atoms with Crippen LogP contribution in [0.25, 0.3) is 10.2 Å². The van der Waals surface area contributed by atoms with E-state index in [-0.39, 0.29) is 24.8 Å². The second-order valence-electron chi connectivity index (χ2n) is 5.96. The first-order valence-electron chi connectivity index (χ1n) is 8.14. The van der Waals surface area contributed by atoms with Gasteiger partial charge in [-0.05, 0) is 49.2 Å². The lowest BCUT2D eigenvalue weighted by molar-refractivity contribution is -0.116. The number of hydrogen-bond donors (Lipinski definition) is 2. The number of aryl methyl sites for hydroxylation is 2. The zero-order valence-electron chi connectivity index (χ0n) is 14.4. The SMILES string of the molecule is Cc1ccc(C)c2sc(NC(=O)CCNC(=O)c3ccc(Cl)cc3)nc12. The average Bonchev–Trinajstić information content (AvgIpc) is 3.03. The molecular formula is C19H18ClN3O2S. The van der Waals surface area contributed by atoms with Gasteiger partial charge in [0.1, 0.15) is 0 Å². The molecule has 0 bridgehead atoms. The minimum absolute atomic E-state index is 0.174. The van der Waals surface area contributed by atoms with Gasteiger partial charge in [-0.15, -0.1) is 0 Å². The number of halogens is 1. The Kier molecular flexibility index (Phi) is 5.54. The van der Waals surface area contributed by atoms with Crippen molar-refractivity contribution in [1.29, 1.82) is 0 Å². The van der Waals surface area contributed by atoms with Gasteiger partial charge >= 0.3 is 0 Å². The van der Waals surface area contributed by atoms with Gasteiger partial charge in [-0.1, -0.05) is 35.1 Å². The smallest absolute Gasteiger partial charge is 0.251 e. The highest BCUT2D eigenvalue weighted by atomic mass is 35.5. The monoisotopic (exact) mass is 387 g/mol. The number of nitrogens with one attached hydrogen (secondary N) is 2. The number of nitrogens with zero attached hydrogens (tertiary/aromatic N) is 1. The molecule has 0 saturated carbocycles. The fourth-order valence-corrected chi connectivity index (χ4v) is 3.64. The zero-order chi connectivity index (χ0) is 18.7. The van der Waals surface area contributed by atoms with Gasteiger partial charge in [0.15, 0.2) is 5.13 Å². The molecule has 7 heteroatoms. The lowest BCUT2D eigenvalue weighted by Crippen LogP contribution is -2.27. The van der Waals surface area contributed by atoms with E-state index in [9.17, 15) is 9.59 Å². The summed E-state index contributed by atoms with van der Waals surface area (Å²) in [7, 11) is 0. The van der Waals surface area contributed by atoms with Gasteiger partial charge in [0.2, 0.25) is 5.91 Å². The first kappa shape index (κ1) is 18.4. The summed E-state index contributed by atoms with van der Waals surface area (Å²) >= 11 is 7.26. The summed E-state index contributed by atoms with van der Waals surface area (Å²) < 4.78 is 1.08. The normalized spacial score (nSPS) is 10.7. The van der Waals surface area contributed by atoms with E-state index in [0.717, 1.165) is 21.3 Å². The highest BCUT2D eigenvalue weighted by Gasteiger charge is 2.11. The summed E-state index contributed by atoms with van der Waals surface area (Å²) in [6.07, 6.45) is 0.174. The number of benzene rings is 2. The molecule has 3 aromatic rings. The summed E-state index contributed by atoms with van der Waals surface area (Å²) in [5.74, 6) is -0.420. The molecule has 0 radical (unpaired) electrons. The molecule has 0 aliphatic carbocycles. The van der Waals surface area contributed by atoms with Crippen molar-refractivity contribution in [2.75, 3.05) is 11.9 Å². The van der Waals surface area contributed by atoms with Crippen LogP contribution in [0.2, 0.25) is 5.02 Å². The van der Waals surface area contributed by atoms with Crippen LogP contribution in [0.15, 0.2) is 36.4 Å². The minimum atomic E-state index is -0.235. The van der Waals surface area contributed by atoms with E-state index in [0.29, 0.717) is 15.7 Å². The van der Waals surface area contributed by atoms with Crippen molar-refractivity contribution in [1.82, 2.24) is 10.3 Å². The Bertz CT molecular complexity index is 928. The van der Waals surface area contributed by atoms with Crippen LogP contribution in [0.3, 0.4) is 0 Å². The summed E-state index contributed by atoms with van der Waals surface area (Å²) in [5.41, 5.74) is 3.64. The van der Waals surface area contributed by atoms with E-state index >= 15 is 0 Å². The van der Waals surface area contributed by atoms with Gasteiger partial charge < -0.3 is 10.6 Å². The molecule has 2 aromatic carbocycles. The average molecular weight is 388 g/mol. The molecule has 0 saturated heterocycles. The molecule has 0 aliphatic rings. The lowest BCUT2D eigenvalue weighted by atomic mass is 10.1. The van der Waals surface area contributed by atoms with E-state index in [1.807, 2.05) is 26.0 Å². The second-order valence-corrected chi connectivity index (χ2v) is 7.39. The van der Waals surface area contributed by atoms with Crippen molar-refractivity contribution in [3.63, 3.8) is 0 Å². The van der Waals surface area contributed by atoms with Crippen LogP contribution >= 0.6 is 22.9 Å². The van der Waals surface area contributed by atoms with Gasteiger partial charge in [0, 0.05) is 23.6 Å². The molecule has 1 aromatic heterocycles. The summed E-state index contributed by atoms with van der Waals surface area (Å²) in [6, 6.07) is 10.7. The number of thiazole rings is 1. The standard InChI is InChI=1S/C19H18ClN3O2S/c1-11-3-4-12(2)17-16(11)23-19(26-17)22-15(24)9-10-21-18(25)13-5-7-14(20)8-6-13/h3-8H,9-10H2,1-2H3,(H,21,25)(H,22,23,24). The number of carbonyl (C=O) groups is 2. The van der Waals surface area contributed by atoms with E-state index in [1.54, 1.807) is 24.3 Å². The fourth-order valence-electron chi connectivity index (χ4n) is 2.49. The van der Waals surface area contributed by atoms with Crippen LogP contribution in [0.5, 0.6) is 0 Å². The largest absolute Gasteiger partial charge is 0.352 e. The van der Waals surface area contributed by atoms with Gasteiger partial charge in [0.25, 0.3) is 5.91 Å². The molecule has 0 spiro atoms. The number of hydrogen-bond acceptors (Lipinski definition) is 4. The summed E-state index contributed by atoms with van der Waals surface area (Å²) in [4.78, 5) is 28.6. The Balaban J connectivity index is 1.54. The Labute approximate surface area is 160 Å². The molecule has 26 heavy (non-hydrogen) atoms. The third-order valence-corrected chi connectivity index (χ3v) is 5.29. The van der Waals surface area contributed by atoms with Crippen LogP contribution in [-0.4, -0.2) is 23.3 Å². The fraction of sp³-hybridized carbons (Fsp3) is 0.211. The minimum Gasteiger partial charge on any atom is -0.352 e. The molecule has 134 valence electrons. The first-order chi connectivity index (χ1) is 12.4. The van der Waals surface area contributed by atoms with E-state index in [1.165, 1.54) is 11.3 Å². The van der Waals surface area contributed by atoms with Crippen molar-refractivity contribution in [3.8, 4) is 0 Å². The molecule has 2 N–H and O–H groups in total. The third kappa shape index (κ3) is 4.20. The highest BCUT2D eigenvalue weighted by molar-refractivity contribution is 7.22. The van der Waals surface area contributed by atoms with Gasteiger partial charge in [-0.25, -0.2) is 4.98 Å². The topological polar surface area (TPSA) is 71.1 Å². The number of carbonyl (C=O) groups excluding carboxylic acids is 2. The van der Waals surface area contributed by atoms with Gasteiger partial charge in [0.05, 0.1) is 10.2 Å². The van der Waals surface area contributed by atoms with E-state index < -0.39 is 0 Å². The van der Waals surface area contributed by atoms with Crippen LogP contribution in [0, 0.1) is 13.8 Å². The molecule has 0 atom stereocenters. The Morgan fingerprint density at radius 1 is 1.08 bits per heavy atom. The molecular weight excluding hydrogens is 370 g/mol. The molecule has 3 rings (SSSR count). The second kappa shape index (κ2) is 7.85. The molecule has 1 heterocycles. The number of anilines is 1. The quantitative estimate of drug-likeness (QED) is 0.684. The van der Waals surface area contributed by atoms with Crippen molar-refractivity contribution in [3.05, 3.63) is 58.1 Å². The van der Waals surface area contributed by atoms with Crippen molar-refractivity contribution >= 4 is 50.1 Å². The summed E-state index contributed by atoms with van der Waals surface area (Å²) in [5, 5.41) is 6.67. The van der Waals surface area contributed by atoms with Gasteiger partial charge in [-0.2, -0.15) is 0 Å². The highest BCUT2D eigenvalue weighted by Crippen LogP contribution is 2.30. The van der Waals surface area contributed by atoms with Crippen LogP contribution < -0.4 is 10.6 Å². The number of fused-ring (bicyclic) bond motifs is 1. The first-order valence-corrected chi connectivity index (χ1v) is 9.34. The zero-order valence-corrected chi connectivity index (χ0v) is 16.0. The third-order valence-electron chi connectivity index (χ3n) is 3.93. The molecule has 0 aliphatic heterocycles. The lowest BCUT2D eigenvalue weighted by Gasteiger charge is -2.05. The number of rotatable bonds is 5. The summed E-state index contributed by atoms with van der Waals surface area (Å²) in [6.45, 7) is 4.27. The number of aromatic nitrogens is 1. The van der Waals surface area contributed by atoms with Crippen molar-refractivity contribution < 1.29 is 9.59 Å². The molecule has 5 nitrogen and oxygen atoms in total.